The number of nitrogens with one attached hydrogen (secondary N) is 1. The van der Waals surface area contributed by atoms with Crippen LogP contribution in [0.2, 0.25) is 5.02 Å². The van der Waals surface area contributed by atoms with Crippen molar-refractivity contribution in [2.75, 3.05) is 30.4 Å². The van der Waals surface area contributed by atoms with E-state index in [1.807, 2.05) is 0 Å². The van der Waals surface area contributed by atoms with E-state index in [4.69, 9.17) is 21.1 Å². The van der Waals surface area contributed by atoms with Crippen LogP contribution in [-0.2, 0) is 14.8 Å². The fraction of sp³-hybridized carbons (Fsp3) is 0.174. The predicted molar refractivity (Wildman–Crippen MR) is 125 cm³/mol. The highest BCUT2D eigenvalue weighted by Crippen LogP contribution is 2.32. The van der Waals surface area contributed by atoms with Crippen molar-refractivity contribution in [1.29, 1.82) is 0 Å². The van der Waals surface area contributed by atoms with Crippen molar-refractivity contribution in [2.45, 2.75) is 11.8 Å². The maximum Gasteiger partial charge on any atom is 0.268 e. The lowest BCUT2D eigenvalue weighted by atomic mass is 10.2. The molecule has 9 heteroatoms. The quantitative estimate of drug-likeness (QED) is 0.519. The molecule has 0 aromatic heterocycles. The van der Waals surface area contributed by atoms with Crippen LogP contribution in [0.3, 0.4) is 0 Å². The van der Waals surface area contributed by atoms with Gasteiger partial charge in [-0.1, -0.05) is 29.8 Å². The van der Waals surface area contributed by atoms with Gasteiger partial charge < -0.3 is 14.8 Å². The topological polar surface area (TPSA) is 84.9 Å². The van der Waals surface area contributed by atoms with Gasteiger partial charge >= 0.3 is 0 Å². The number of hydrogen-bond acceptors (Lipinski definition) is 5. The fourth-order valence-electron chi connectivity index (χ4n) is 3.05. The molecule has 0 aliphatic heterocycles. The van der Waals surface area contributed by atoms with Gasteiger partial charge in [0.1, 0.15) is 22.9 Å². The Morgan fingerprint density at radius 3 is 2.31 bits per heavy atom. The average molecular weight is 475 g/mol. The van der Waals surface area contributed by atoms with Crippen molar-refractivity contribution < 1.29 is 22.7 Å². The molecule has 0 aliphatic rings. The molecule has 7 nitrogen and oxygen atoms in total. The van der Waals surface area contributed by atoms with Gasteiger partial charge in [-0.2, -0.15) is 0 Å². The zero-order valence-electron chi connectivity index (χ0n) is 17.8. The molecule has 168 valence electrons. The van der Waals surface area contributed by atoms with Crippen LogP contribution >= 0.6 is 11.6 Å². The lowest BCUT2D eigenvalue weighted by molar-refractivity contribution is -0.114. The van der Waals surface area contributed by atoms with Crippen molar-refractivity contribution in [2.24, 2.45) is 0 Å². The van der Waals surface area contributed by atoms with E-state index in [2.05, 4.69) is 5.32 Å². The van der Waals surface area contributed by atoms with Gasteiger partial charge in [-0.15, -0.1) is 0 Å². The average Bonchev–Trinajstić information content (AvgIpc) is 2.79. The second-order valence-electron chi connectivity index (χ2n) is 6.89. The molecule has 0 fully saturated rings. The molecular weight excluding hydrogens is 452 g/mol. The molecule has 0 atom stereocenters. The number of aryl methyl sites for hydroxylation is 1. The minimum absolute atomic E-state index is 0.0404. The second-order valence-corrected chi connectivity index (χ2v) is 9.13. The van der Waals surface area contributed by atoms with Crippen LogP contribution in [0.4, 0.5) is 11.4 Å². The van der Waals surface area contributed by atoms with Gasteiger partial charge in [-0.25, -0.2) is 8.42 Å². The number of rotatable bonds is 8. The van der Waals surface area contributed by atoms with E-state index in [1.54, 1.807) is 67.6 Å². The Kier molecular flexibility index (Phi) is 7.27. The van der Waals surface area contributed by atoms with Crippen LogP contribution in [-0.4, -0.2) is 35.1 Å². The van der Waals surface area contributed by atoms with Crippen LogP contribution in [0.15, 0.2) is 71.6 Å². The highest BCUT2D eigenvalue weighted by atomic mass is 35.5. The lowest BCUT2D eigenvalue weighted by Crippen LogP contribution is -2.38. The number of amides is 1. The Morgan fingerprint density at radius 2 is 1.69 bits per heavy atom. The van der Waals surface area contributed by atoms with E-state index in [0.29, 0.717) is 22.1 Å². The Balaban J connectivity index is 2.03. The summed E-state index contributed by atoms with van der Waals surface area (Å²) in [5, 5.41) is 3.01. The van der Waals surface area contributed by atoms with E-state index in [9.17, 15) is 13.2 Å². The van der Waals surface area contributed by atoms with Crippen molar-refractivity contribution in [3.63, 3.8) is 0 Å². The Hall–Kier alpha value is -3.23. The summed E-state index contributed by atoms with van der Waals surface area (Å²) in [5.41, 5.74) is 1.42. The molecule has 0 unspecified atom stereocenters. The number of methoxy groups -OCH3 is 2. The number of sulfonamides is 1. The Labute approximate surface area is 192 Å². The van der Waals surface area contributed by atoms with Crippen LogP contribution in [0.5, 0.6) is 11.5 Å². The van der Waals surface area contributed by atoms with Crippen LogP contribution in [0.25, 0.3) is 0 Å². The number of carbonyl (C=O) groups is 1. The summed E-state index contributed by atoms with van der Waals surface area (Å²) in [7, 11) is -1.26. The fourth-order valence-corrected chi connectivity index (χ4v) is 4.90. The highest BCUT2D eigenvalue weighted by Gasteiger charge is 2.30. The highest BCUT2D eigenvalue weighted by molar-refractivity contribution is 7.93. The first-order chi connectivity index (χ1) is 15.3. The SMILES string of the molecule is COc1ccc(N(CC(=O)Nc2ccccc2Cl)S(=O)(=O)c2cc(C)ccc2OC)cc1. The summed E-state index contributed by atoms with van der Waals surface area (Å²) in [6, 6.07) is 17.9. The molecule has 0 radical (unpaired) electrons. The van der Waals surface area contributed by atoms with Gasteiger partial charge in [-0.3, -0.25) is 9.10 Å². The summed E-state index contributed by atoms with van der Waals surface area (Å²) in [4.78, 5) is 12.8. The van der Waals surface area contributed by atoms with Crippen molar-refractivity contribution in [1.82, 2.24) is 0 Å². The van der Waals surface area contributed by atoms with E-state index in [-0.39, 0.29) is 10.6 Å². The smallest absolute Gasteiger partial charge is 0.268 e. The largest absolute Gasteiger partial charge is 0.497 e. The molecule has 0 saturated heterocycles. The number of para-hydroxylation sites is 1. The van der Waals surface area contributed by atoms with Gasteiger partial charge in [0.2, 0.25) is 5.91 Å². The normalized spacial score (nSPS) is 11.0. The lowest BCUT2D eigenvalue weighted by Gasteiger charge is -2.25. The summed E-state index contributed by atoms with van der Waals surface area (Å²) < 4.78 is 38.8. The Morgan fingerprint density at radius 1 is 1.00 bits per heavy atom. The number of benzene rings is 3. The molecule has 0 heterocycles. The first-order valence-electron chi connectivity index (χ1n) is 9.62. The first-order valence-corrected chi connectivity index (χ1v) is 11.4. The third kappa shape index (κ3) is 5.15. The van der Waals surface area contributed by atoms with Gasteiger partial charge in [0, 0.05) is 0 Å². The maximum absolute atomic E-state index is 13.7. The number of halogens is 1. The predicted octanol–water partition coefficient (Wildman–Crippen LogP) is 4.50. The molecule has 3 aromatic carbocycles. The summed E-state index contributed by atoms with van der Waals surface area (Å²) >= 11 is 6.12. The monoisotopic (exact) mass is 474 g/mol. The van der Waals surface area contributed by atoms with E-state index in [1.165, 1.54) is 20.3 Å². The standard InChI is InChI=1S/C23H23ClN2O5S/c1-16-8-13-21(31-3)22(14-16)32(28,29)26(17-9-11-18(30-2)12-10-17)15-23(27)25-20-7-5-4-6-19(20)24/h4-14H,15H2,1-3H3,(H,25,27). The Bertz CT molecular complexity index is 1210. The minimum Gasteiger partial charge on any atom is -0.497 e. The molecule has 0 bridgehead atoms. The zero-order valence-corrected chi connectivity index (χ0v) is 19.4. The van der Waals surface area contributed by atoms with Crippen LogP contribution in [0.1, 0.15) is 5.56 Å². The molecule has 3 aromatic rings. The van der Waals surface area contributed by atoms with Gasteiger partial charge in [-0.05, 0) is 61.0 Å². The third-order valence-electron chi connectivity index (χ3n) is 4.68. The van der Waals surface area contributed by atoms with Gasteiger partial charge in [0.05, 0.1) is 30.6 Å². The van der Waals surface area contributed by atoms with Crippen LogP contribution < -0.4 is 19.1 Å². The molecule has 0 saturated carbocycles. The van der Waals surface area contributed by atoms with Crippen molar-refractivity contribution in [3.8, 4) is 11.5 Å². The molecule has 3 rings (SSSR count). The number of carbonyl (C=O) groups excluding carboxylic acids is 1. The molecule has 1 amide bonds. The summed E-state index contributed by atoms with van der Waals surface area (Å²) in [6.45, 7) is 1.30. The zero-order chi connectivity index (χ0) is 23.3. The van der Waals surface area contributed by atoms with E-state index >= 15 is 0 Å². The molecule has 1 N–H and O–H groups in total. The van der Waals surface area contributed by atoms with Crippen LogP contribution in [0, 0.1) is 6.92 Å². The third-order valence-corrected chi connectivity index (χ3v) is 6.81. The summed E-state index contributed by atoms with van der Waals surface area (Å²) in [6.07, 6.45) is 0. The number of anilines is 2. The number of hydrogen-bond donors (Lipinski definition) is 1. The second kappa shape index (κ2) is 9.93. The molecular formula is C23H23ClN2O5S. The van der Waals surface area contributed by atoms with E-state index in [0.717, 1.165) is 9.87 Å². The van der Waals surface area contributed by atoms with Gasteiger partial charge in [0.15, 0.2) is 0 Å². The summed E-state index contributed by atoms with van der Waals surface area (Å²) in [5.74, 6) is 0.185. The van der Waals surface area contributed by atoms with Gasteiger partial charge in [0.25, 0.3) is 10.0 Å². The first kappa shape index (κ1) is 23.4. The number of ether oxygens (including phenoxy) is 2. The van der Waals surface area contributed by atoms with E-state index < -0.39 is 22.5 Å². The molecule has 0 spiro atoms. The molecule has 0 aliphatic carbocycles. The van der Waals surface area contributed by atoms with Crippen molar-refractivity contribution in [3.05, 3.63) is 77.3 Å². The maximum atomic E-state index is 13.7. The minimum atomic E-state index is -4.16. The molecule has 32 heavy (non-hydrogen) atoms. The van der Waals surface area contributed by atoms with Crippen molar-refractivity contribution >= 4 is 38.9 Å². The number of nitrogens with zero attached hydrogens (tertiary/aromatic N) is 1.